The molecular weight excluding hydrogens is 558 g/mol. The Morgan fingerprint density at radius 2 is 1.68 bits per heavy atom. The van der Waals surface area contributed by atoms with Crippen LogP contribution in [0.1, 0.15) is 19.4 Å². The van der Waals surface area contributed by atoms with Gasteiger partial charge in [-0.05, 0) is 24.3 Å². The lowest BCUT2D eigenvalue weighted by Crippen LogP contribution is -2.41. The topological polar surface area (TPSA) is 123 Å². The van der Waals surface area contributed by atoms with Crippen LogP contribution < -0.4 is 4.74 Å². The molecule has 0 unspecified atom stereocenters. The van der Waals surface area contributed by atoms with Gasteiger partial charge in [0.2, 0.25) is 12.9 Å². The van der Waals surface area contributed by atoms with Crippen LogP contribution in [0.5, 0.6) is 5.75 Å². The first-order chi connectivity index (χ1) is 16.5. The minimum atomic E-state index is -10.2. The third kappa shape index (κ3) is 8.53. The van der Waals surface area contributed by atoms with Gasteiger partial charge >= 0.3 is 28.5 Å². The molecule has 0 aliphatic carbocycles. The van der Waals surface area contributed by atoms with E-state index >= 15 is 0 Å². The molecule has 0 fully saturated rings. The Hall–Kier alpha value is -3.51. The molecule has 19 heteroatoms. The molecule has 0 radical (unpaired) electrons. The summed E-state index contributed by atoms with van der Waals surface area (Å²) in [4.78, 5) is 35.6. The number of carbonyl (C=O) groups is 2. The van der Waals surface area contributed by atoms with Gasteiger partial charge in [-0.15, -0.1) is 10.1 Å². The number of hydrogen-bond donors (Lipinski definition) is 0. The summed E-state index contributed by atoms with van der Waals surface area (Å²) in [5.41, 5.74) is -3.42. The zero-order valence-corrected chi connectivity index (χ0v) is 19.4. The van der Waals surface area contributed by atoms with Crippen LogP contribution in [-0.2, 0) is 23.8 Å². The van der Waals surface area contributed by atoms with Gasteiger partial charge in [-0.25, -0.2) is 9.59 Å². The molecule has 1 heterocycles. The van der Waals surface area contributed by atoms with Gasteiger partial charge in [0.05, 0.1) is 5.57 Å². The maximum absolute atomic E-state index is 13.4. The zero-order chi connectivity index (χ0) is 28.5. The maximum Gasteiger partial charge on any atom is 0.511 e. The zero-order valence-electron chi connectivity index (χ0n) is 18.6. The van der Waals surface area contributed by atoms with E-state index in [1.54, 1.807) is 0 Å². The standard InChI is InChI=1S/C18H17F8NO9S/c1-17(2,8-35-27(30)31)7-32-16(29)34-9-33-15(28)12-6-10-5-11(37(22,23,24,25)26)3-4-13(10)36-14(12)18(19,20)21/h3-6,14H,7-9H2,1-2H3/t14-/m0/s1. The highest BCUT2D eigenvalue weighted by molar-refractivity contribution is 8.45. The molecule has 0 aromatic heterocycles. The second-order valence-electron chi connectivity index (χ2n) is 8.20. The number of benzene rings is 1. The van der Waals surface area contributed by atoms with Crippen molar-refractivity contribution < 1.29 is 71.1 Å². The van der Waals surface area contributed by atoms with Gasteiger partial charge in [0.15, 0.2) is 0 Å². The summed E-state index contributed by atoms with van der Waals surface area (Å²) in [6, 6.07) is -0.0957. The van der Waals surface area contributed by atoms with Crippen molar-refractivity contribution in [2.45, 2.75) is 31.0 Å². The molecule has 1 atom stereocenters. The van der Waals surface area contributed by atoms with Gasteiger partial charge in [0.1, 0.15) is 23.9 Å². The molecule has 1 aromatic carbocycles. The first kappa shape index (κ1) is 29.7. The Kier molecular flexibility index (Phi) is 7.31. The predicted molar refractivity (Wildman–Crippen MR) is 106 cm³/mol. The molecular formula is C18H17F8NO9S. The van der Waals surface area contributed by atoms with E-state index in [4.69, 9.17) is 0 Å². The highest BCUT2D eigenvalue weighted by Crippen LogP contribution is 3.02. The highest BCUT2D eigenvalue weighted by atomic mass is 32.5. The summed E-state index contributed by atoms with van der Waals surface area (Å²) in [5, 5.41) is 9.11. The number of hydrogen-bond acceptors (Lipinski definition) is 9. The van der Waals surface area contributed by atoms with Crippen molar-refractivity contribution in [1.29, 1.82) is 0 Å². The Labute approximate surface area is 201 Å². The van der Waals surface area contributed by atoms with E-state index in [-0.39, 0.29) is 24.3 Å². The number of halogens is 8. The summed E-state index contributed by atoms with van der Waals surface area (Å²) in [5.74, 6) is -2.73. The Morgan fingerprint density at radius 1 is 1.05 bits per heavy atom. The van der Waals surface area contributed by atoms with Crippen molar-refractivity contribution in [2.24, 2.45) is 5.41 Å². The van der Waals surface area contributed by atoms with E-state index in [0.717, 1.165) is 0 Å². The van der Waals surface area contributed by atoms with Gasteiger partial charge < -0.3 is 23.8 Å². The number of fused-ring (bicyclic) bond motifs is 1. The van der Waals surface area contributed by atoms with Crippen LogP contribution in [0, 0.1) is 15.5 Å². The fourth-order valence-corrected chi connectivity index (χ4v) is 3.28. The first-order valence-electron chi connectivity index (χ1n) is 9.56. The molecule has 1 aromatic rings. The Bertz CT molecular complexity index is 1120. The number of carbonyl (C=O) groups excluding carboxylic acids is 2. The quantitative estimate of drug-likeness (QED) is 0.116. The summed E-state index contributed by atoms with van der Waals surface area (Å²) >= 11 is 0. The molecule has 1 aliphatic heterocycles. The molecule has 0 bridgehead atoms. The lowest BCUT2D eigenvalue weighted by molar-refractivity contribution is -0.760. The van der Waals surface area contributed by atoms with Crippen LogP contribution in [0.25, 0.3) is 6.08 Å². The van der Waals surface area contributed by atoms with Crippen molar-refractivity contribution in [2.75, 3.05) is 20.0 Å². The molecule has 0 saturated heterocycles. The van der Waals surface area contributed by atoms with Crippen LogP contribution in [0.2, 0.25) is 0 Å². The van der Waals surface area contributed by atoms with E-state index in [2.05, 4.69) is 23.8 Å². The third-order valence-electron chi connectivity index (χ3n) is 4.31. The van der Waals surface area contributed by atoms with Crippen molar-refractivity contribution in [3.8, 4) is 5.75 Å². The molecule has 0 spiro atoms. The van der Waals surface area contributed by atoms with Crippen LogP contribution in [0.4, 0.5) is 37.4 Å². The summed E-state index contributed by atoms with van der Waals surface area (Å²) in [7, 11) is -10.2. The van der Waals surface area contributed by atoms with Crippen molar-refractivity contribution in [3.63, 3.8) is 0 Å². The molecule has 37 heavy (non-hydrogen) atoms. The maximum atomic E-state index is 13.4. The first-order valence-corrected chi connectivity index (χ1v) is 11.5. The molecule has 210 valence electrons. The minimum Gasteiger partial charge on any atom is -0.475 e. The smallest absolute Gasteiger partial charge is 0.475 e. The van der Waals surface area contributed by atoms with E-state index < -0.39 is 86.9 Å². The fraction of sp³-hybridized carbons (Fsp3) is 0.444. The Balaban J connectivity index is 2.12. The SMILES string of the molecule is CC(C)(COC(=O)OCOC(=O)C1=Cc2cc(S(F)(F)(F)(F)F)ccc2O[C@@H]1C(F)(F)F)CO[N+](=O)[O-]. The van der Waals surface area contributed by atoms with Gasteiger partial charge in [0, 0.05) is 11.0 Å². The summed E-state index contributed by atoms with van der Waals surface area (Å²) in [6.07, 6.45) is -9.62. The lowest BCUT2D eigenvalue weighted by atomic mass is 9.97. The van der Waals surface area contributed by atoms with Crippen molar-refractivity contribution in [3.05, 3.63) is 39.4 Å². The number of esters is 1. The molecule has 1 aliphatic rings. The average Bonchev–Trinajstić information content (AvgIpc) is 2.73. The van der Waals surface area contributed by atoms with E-state index in [1.165, 1.54) is 13.8 Å². The average molecular weight is 575 g/mol. The van der Waals surface area contributed by atoms with Gasteiger partial charge in [-0.1, -0.05) is 33.3 Å². The third-order valence-corrected chi connectivity index (χ3v) is 5.45. The van der Waals surface area contributed by atoms with Gasteiger partial charge in [0.25, 0.3) is 5.09 Å². The van der Waals surface area contributed by atoms with Crippen LogP contribution in [-0.4, -0.2) is 49.5 Å². The van der Waals surface area contributed by atoms with Crippen molar-refractivity contribution in [1.82, 2.24) is 0 Å². The molecule has 2 rings (SSSR count). The lowest BCUT2D eigenvalue weighted by Gasteiger charge is -2.41. The second-order valence-corrected chi connectivity index (χ2v) is 10.6. The number of alkyl halides is 3. The van der Waals surface area contributed by atoms with Gasteiger partial charge in [-0.3, -0.25) is 0 Å². The molecule has 0 saturated carbocycles. The summed E-state index contributed by atoms with van der Waals surface area (Å²) < 4.78 is 123. The van der Waals surface area contributed by atoms with E-state index in [1.807, 2.05) is 0 Å². The van der Waals surface area contributed by atoms with Crippen LogP contribution in [0.3, 0.4) is 0 Å². The Morgan fingerprint density at radius 3 is 2.22 bits per heavy atom. The number of nitrogens with zero attached hydrogens (tertiary/aromatic N) is 1. The molecule has 0 amide bonds. The number of ether oxygens (including phenoxy) is 4. The van der Waals surface area contributed by atoms with Gasteiger partial charge in [-0.2, -0.15) is 13.2 Å². The van der Waals surface area contributed by atoms with E-state index in [0.29, 0.717) is 0 Å². The summed E-state index contributed by atoms with van der Waals surface area (Å²) in [6.45, 7) is 0.491. The fourth-order valence-electron chi connectivity index (χ4n) is 2.61. The van der Waals surface area contributed by atoms with Crippen molar-refractivity contribution >= 4 is 28.4 Å². The minimum absolute atomic E-state index is 0.158. The normalized spacial score (nSPS) is 17.7. The predicted octanol–water partition coefficient (Wildman–Crippen LogP) is 5.94. The second kappa shape index (κ2) is 9.10. The van der Waals surface area contributed by atoms with E-state index in [9.17, 15) is 52.3 Å². The largest absolute Gasteiger partial charge is 0.511 e. The van der Waals surface area contributed by atoms with Crippen LogP contribution in [0.15, 0.2) is 28.7 Å². The molecule has 10 nitrogen and oxygen atoms in total. The van der Waals surface area contributed by atoms with Crippen LogP contribution >= 0.6 is 10.2 Å². The highest BCUT2D eigenvalue weighted by Gasteiger charge is 2.65. The molecule has 0 N–H and O–H groups in total. The monoisotopic (exact) mass is 575 g/mol. The number of rotatable bonds is 9.